The summed E-state index contributed by atoms with van der Waals surface area (Å²) < 4.78 is 0. The molecule has 0 saturated carbocycles. The Hall–Kier alpha value is -0.0200. The summed E-state index contributed by atoms with van der Waals surface area (Å²) in [7, 11) is 0. The largest absolute Gasteiger partial charge is 1.00 e. The maximum Gasteiger partial charge on any atom is 1.00 e. The van der Waals surface area contributed by atoms with Crippen LogP contribution in [0.1, 0.15) is 117 Å². The van der Waals surface area contributed by atoms with Gasteiger partial charge in [0.2, 0.25) is 0 Å². The summed E-state index contributed by atoms with van der Waals surface area (Å²) in [6, 6.07) is 0. The fraction of sp³-hybridized carbons (Fsp3) is 0.917. The van der Waals surface area contributed by atoms with Crippen LogP contribution in [0.5, 0.6) is 0 Å². The number of carboxylic acid groups (broad SMARTS) is 1. The molecule has 186 valence electrons. The van der Waals surface area contributed by atoms with Crippen molar-refractivity contribution in [3.05, 3.63) is 0 Å². The first-order chi connectivity index (χ1) is 14.7. The van der Waals surface area contributed by atoms with Crippen LogP contribution >= 0.6 is 0 Å². The van der Waals surface area contributed by atoms with Crippen molar-refractivity contribution in [1.82, 2.24) is 0 Å². The predicted octanol–water partition coefficient (Wildman–Crippen LogP) is -0.346. The molecule has 0 bridgehead atoms. The normalized spacial score (nSPS) is 12.5. The molecule has 0 radical (unpaired) electrons. The fourth-order valence-corrected chi connectivity index (χ4v) is 3.07. The van der Waals surface area contributed by atoms with Gasteiger partial charge in [-0.3, -0.25) is 4.79 Å². The van der Waals surface area contributed by atoms with Crippen LogP contribution in [0.15, 0.2) is 0 Å². The van der Waals surface area contributed by atoms with Crippen molar-refractivity contribution in [2.45, 2.75) is 128 Å². The molecule has 0 aromatic carbocycles. The second kappa shape index (κ2) is 25.6. The van der Waals surface area contributed by atoms with E-state index >= 15 is 0 Å². The van der Waals surface area contributed by atoms with Crippen molar-refractivity contribution in [3.63, 3.8) is 0 Å². The summed E-state index contributed by atoms with van der Waals surface area (Å²) in [6.07, 6.45) is 17.8. The smallest absolute Gasteiger partial charge is 0.547 e. The van der Waals surface area contributed by atoms with Crippen molar-refractivity contribution < 1.29 is 64.7 Å². The molecule has 4 N–H and O–H groups in total. The molecule has 1 unspecified atom stereocenters. The van der Waals surface area contributed by atoms with Gasteiger partial charge in [-0.15, -0.1) is 0 Å². The topological polar surface area (TPSA) is 138 Å². The van der Waals surface area contributed by atoms with E-state index in [1.54, 1.807) is 0 Å². The van der Waals surface area contributed by atoms with E-state index in [0.29, 0.717) is 6.42 Å². The zero-order valence-corrected chi connectivity index (χ0v) is 22.8. The number of Topliss-reactive ketones (excluding diaryl/α,β-unsaturated/α-hetero) is 1. The molecule has 7 nitrogen and oxygen atoms in total. The third-order valence-corrected chi connectivity index (χ3v) is 5.37. The zero-order valence-electron chi connectivity index (χ0n) is 20.8. The van der Waals surface area contributed by atoms with E-state index in [1.165, 1.54) is 77.0 Å². The van der Waals surface area contributed by atoms with E-state index in [9.17, 15) is 19.8 Å². The number of carbonyl (C=O) groups is 2. The quantitative estimate of drug-likeness (QED) is 0.108. The van der Waals surface area contributed by atoms with Crippen LogP contribution in [0.3, 0.4) is 0 Å². The molecule has 0 heterocycles. The first-order valence-corrected chi connectivity index (χ1v) is 12.1. The molecular formula is C24H47NaO7. The first kappa shape index (κ1) is 36.5. The molecule has 8 heteroatoms. The molecule has 0 aliphatic rings. The predicted molar refractivity (Wildman–Crippen MR) is 120 cm³/mol. The van der Waals surface area contributed by atoms with E-state index in [-0.39, 0.29) is 49.2 Å². The van der Waals surface area contributed by atoms with Crippen LogP contribution in [0.4, 0.5) is 0 Å². The number of aliphatic hydroxyl groups is 4. The number of aliphatic hydroxyl groups excluding tert-OH is 3. The molecule has 0 fully saturated rings. The molecule has 0 aromatic heterocycles. The molecule has 0 rings (SSSR count). The Morgan fingerprint density at radius 2 is 1.06 bits per heavy atom. The molecule has 0 aromatic rings. The van der Waals surface area contributed by atoms with E-state index in [2.05, 4.69) is 6.92 Å². The summed E-state index contributed by atoms with van der Waals surface area (Å²) in [6.45, 7) is 2.52. The average Bonchev–Trinajstić information content (AvgIpc) is 2.75. The SMILES string of the molecule is CCCCCCCCCCCCCCCCCC(=O)C(C)(O)C(=O)[O-].OCC(O)CO.[Na+]. The van der Waals surface area contributed by atoms with Crippen molar-refractivity contribution in [2.75, 3.05) is 13.2 Å². The maximum atomic E-state index is 11.6. The monoisotopic (exact) mass is 470 g/mol. The maximum absolute atomic E-state index is 11.6. The van der Waals surface area contributed by atoms with E-state index < -0.39 is 23.5 Å². The first-order valence-electron chi connectivity index (χ1n) is 12.1. The minimum Gasteiger partial charge on any atom is -0.547 e. The van der Waals surface area contributed by atoms with Crippen LogP contribution in [-0.2, 0) is 9.59 Å². The number of rotatable bonds is 20. The van der Waals surface area contributed by atoms with Gasteiger partial charge in [0.25, 0.3) is 0 Å². The van der Waals surface area contributed by atoms with E-state index in [4.69, 9.17) is 15.3 Å². The Kier molecular flexibility index (Phi) is 29.2. The van der Waals surface area contributed by atoms with Gasteiger partial charge in [-0.25, -0.2) is 0 Å². The third kappa shape index (κ3) is 23.1. The Labute approximate surface area is 217 Å². The minimum atomic E-state index is -2.34. The van der Waals surface area contributed by atoms with Crippen LogP contribution in [-0.4, -0.2) is 57.1 Å². The molecule has 0 amide bonds. The van der Waals surface area contributed by atoms with Gasteiger partial charge in [0.1, 0.15) is 6.10 Å². The Morgan fingerprint density at radius 1 is 0.750 bits per heavy atom. The number of hydrogen-bond acceptors (Lipinski definition) is 7. The van der Waals surface area contributed by atoms with Gasteiger partial charge < -0.3 is 30.3 Å². The van der Waals surface area contributed by atoms with Crippen LogP contribution in [0.2, 0.25) is 0 Å². The van der Waals surface area contributed by atoms with Crippen LogP contribution < -0.4 is 34.7 Å². The standard InChI is InChI=1S/C21H40O4.C3H8O3.Na/c1-3-4-5-6-7-8-9-10-11-12-13-14-15-16-17-18-19(22)21(2,25)20(23)24;4-1-3(6)2-5;/h25H,3-18H2,1-2H3,(H,23,24);3-6H,1-2H2;/q;;+1/p-1. The summed E-state index contributed by atoms with van der Waals surface area (Å²) in [5.74, 6) is -2.36. The van der Waals surface area contributed by atoms with Crippen molar-refractivity contribution in [2.24, 2.45) is 0 Å². The number of ketones is 1. The Bertz CT molecular complexity index is 427. The zero-order chi connectivity index (χ0) is 24.0. The second-order valence-corrected chi connectivity index (χ2v) is 8.50. The van der Waals surface area contributed by atoms with E-state index in [1.807, 2.05) is 0 Å². The van der Waals surface area contributed by atoms with Gasteiger partial charge in [-0.1, -0.05) is 96.8 Å². The summed E-state index contributed by atoms with van der Waals surface area (Å²) in [5.41, 5.74) is -2.34. The summed E-state index contributed by atoms with van der Waals surface area (Å²) >= 11 is 0. The molecule has 0 saturated heterocycles. The molecule has 32 heavy (non-hydrogen) atoms. The van der Waals surface area contributed by atoms with Gasteiger partial charge in [-0.05, 0) is 13.3 Å². The molecular weight excluding hydrogens is 423 g/mol. The van der Waals surface area contributed by atoms with Crippen LogP contribution in [0, 0.1) is 0 Å². The van der Waals surface area contributed by atoms with Crippen LogP contribution in [0.25, 0.3) is 0 Å². The summed E-state index contributed by atoms with van der Waals surface area (Å²) in [5, 5.41) is 44.1. The number of hydrogen-bond donors (Lipinski definition) is 4. The number of carboxylic acids is 1. The molecule has 0 aliphatic carbocycles. The van der Waals surface area contributed by atoms with Gasteiger partial charge in [0.15, 0.2) is 11.4 Å². The minimum absolute atomic E-state index is 0. The van der Waals surface area contributed by atoms with Gasteiger partial charge in [-0.2, -0.15) is 0 Å². The van der Waals surface area contributed by atoms with E-state index in [0.717, 1.165) is 19.8 Å². The molecule has 1 atom stereocenters. The van der Waals surface area contributed by atoms with Gasteiger partial charge in [0, 0.05) is 6.42 Å². The van der Waals surface area contributed by atoms with Gasteiger partial charge >= 0.3 is 29.6 Å². The number of unbranched alkanes of at least 4 members (excludes halogenated alkanes) is 14. The van der Waals surface area contributed by atoms with Crippen molar-refractivity contribution in [1.29, 1.82) is 0 Å². The fourth-order valence-electron chi connectivity index (χ4n) is 3.07. The number of aliphatic carboxylic acids is 1. The van der Waals surface area contributed by atoms with Crippen molar-refractivity contribution in [3.8, 4) is 0 Å². The molecule has 0 spiro atoms. The Morgan fingerprint density at radius 3 is 1.31 bits per heavy atom. The summed E-state index contributed by atoms with van der Waals surface area (Å²) in [4.78, 5) is 22.2. The average molecular weight is 471 g/mol. The molecule has 0 aliphatic heterocycles. The van der Waals surface area contributed by atoms with Crippen molar-refractivity contribution >= 4 is 11.8 Å². The third-order valence-electron chi connectivity index (χ3n) is 5.37. The van der Waals surface area contributed by atoms with Gasteiger partial charge in [0.05, 0.1) is 19.2 Å². The second-order valence-electron chi connectivity index (χ2n) is 8.50. The Balaban J connectivity index is -0.00000105. The number of carbonyl (C=O) groups excluding carboxylic acids is 2.